The molecule has 1 aliphatic rings. The summed E-state index contributed by atoms with van der Waals surface area (Å²) in [5.41, 5.74) is -0.161. The molecule has 2 N–H and O–H groups in total. The Hall–Kier alpha value is -3.06. The Labute approximate surface area is 178 Å². The highest BCUT2D eigenvalue weighted by Crippen LogP contribution is 2.33. The van der Waals surface area contributed by atoms with Gasteiger partial charge in [0.25, 0.3) is 5.91 Å². The zero-order chi connectivity index (χ0) is 21.8. The third kappa shape index (κ3) is 5.17. The highest BCUT2D eigenvalue weighted by molar-refractivity contribution is 5.99. The third-order valence-electron chi connectivity index (χ3n) is 5.52. The van der Waals surface area contributed by atoms with Crippen LogP contribution in [-0.4, -0.2) is 25.5 Å². The molecule has 1 aliphatic heterocycles. The lowest BCUT2D eigenvalue weighted by molar-refractivity contribution is -0.137. The number of carbonyl (C=O) groups is 1. The van der Waals surface area contributed by atoms with E-state index in [0.29, 0.717) is 29.5 Å². The maximum absolute atomic E-state index is 12.7. The lowest BCUT2D eigenvalue weighted by Crippen LogP contribution is -2.35. The molecule has 0 unspecified atom stereocenters. The Kier molecular flexibility index (Phi) is 6.13. The molecule has 1 fully saturated rings. The molecule has 1 saturated heterocycles. The predicted molar refractivity (Wildman–Crippen MR) is 113 cm³/mol. The molecule has 3 aromatic rings. The van der Waals surface area contributed by atoms with Gasteiger partial charge < -0.3 is 15.4 Å². The van der Waals surface area contributed by atoms with E-state index >= 15 is 0 Å². The summed E-state index contributed by atoms with van der Waals surface area (Å²) in [5.74, 6) is 1.20. The number of rotatable bonds is 5. The van der Waals surface area contributed by atoms with E-state index < -0.39 is 11.7 Å². The van der Waals surface area contributed by atoms with Crippen LogP contribution in [0.4, 0.5) is 13.2 Å². The number of ether oxygens (including phenoxy) is 1. The topological polar surface area (TPSA) is 50.4 Å². The summed E-state index contributed by atoms with van der Waals surface area (Å²) in [6.07, 6.45) is -2.27. The first-order valence-electron chi connectivity index (χ1n) is 10.3. The van der Waals surface area contributed by atoms with Crippen LogP contribution in [0.5, 0.6) is 11.5 Å². The molecule has 1 heterocycles. The molecule has 31 heavy (non-hydrogen) atoms. The largest absolute Gasteiger partial charge is 0.457 e. The molecule has 0 spiro atoms. The van der Waals surface area contributed by atoms with Gasteiger partial charge in [0.2, 0.25) is 0 Å². The fourth-order valence-electron chi connectivity index (χ4n) is 3.75. The highest BCUT2D eigenvalue weighted by atomic mass is 19.4. The summed E-state index contributed by atoms with van der Waals surface area (Å²) in [7, 11) is 0. The van der Waals surface area contributed by atoms with Gasteiger partial charge in [-0.2, -0.15) is 13.2 Å². The molecule has 3 aromatic carbocycles. The molecule has 0 radical (unpaired) electrons. The number of alkyl halides is 3. The Bertz CT molecular complexity index is 1060. The van der Waals surface area contributed by atoms with Crippen LogP contribution in [0.3, 0.4) is 0 Å². The molecule has 0 bridgehead atoms. The second-order valence-corrected chi connectivity index (χ2v) is 7.72. The summed E-state index contributed by atoms with van der Waals surface area (Å²) in [6, 6.07) is 15.3. The van der Waals surface area contributed by atoms with E-state index in [0.717, 1.165) is 48.8 Å². The molecule has 0 aromatic heterocycles. The van der Waals surface area contributed by atoms with E-state index in [1.165, 1.54) is 12.1 Å². The van der Waals surface area contributed by atoms with Gasteiger partial charge in [0.15, 0.2) is 0 Å². The van der Waals surface area contributed by atoms with Crippen molar-refractivity contribution >= 4 is 16.7 Å². The zero-order valence-electron chi connectivity index (χ0n) is 16.8. The first-order chi connectivity index (χ1) is 14.9. The quantitative estimate of drug-likeness (QED) is 0.574. The lowest BCUT2D eigenvalue weighted by atomic mass is 9.98. The number of carbonyl (C=O) groups excluding carboxylic acids is 1. The van der Waals surface area contributed by atoms with E-state index in [4.69, 9.17) is 4.74 Å². The maximum atomic E-state index is 12.7. The van der Waals surface area contributed by atoms with Crippen molar-refractivity contribution in [2.75, 3.05) is 19.6 Å². The van der Waals surface area contributed by atoms with Crippen molar-refractivity contribution in [3.8, 4) is 11.5 Å². The Morgan fingerprint density at radius 1 is 1.03 bits per heavy atom. The number of fused-ring (bicyclic) bond motifs is 1. The van der Waals surface area contributed by atoms with Crippen LogP contribution in [0.1, 0.15) is 28.8 Å². The van der Waals surface area contributed by atoms with Gasteiger partial charge in [-0.05, 0) is 85.8 Å². The molecular formula is C24H23F3N2O2. The number of hydrogen-bond acceptors (Lipinski definition) is 3. The first-order valence-corrected chi connectivity index (χ1v) is 10.3. The van der Waals surface area contributed by atoms with Gasteiger partial charge in [-0.3, -0.25) is 4.79 Å². The SMILES string of the molecule is O=C(NCC1CCNCC1)c1ccc2c(Oc3ccc(C(F)(F)F)cc3)cccc2c1. The van der Waals surface area contributed by atoms with Gasteiger partial charge in [0.1, 0.15) is 11.5 Å². The monoisotopic (exact) mass is 428 g/mol. The van der Waals surface area contributed by atoms with Gasteiger partial charge in [-0.15, -0.1) is 0 Å². The summed E-state index contributed by atoms with van der Waals surface area (Å²) >= 11 is 0. The first kappa shape index (κ1) is 21.2. The van der Waals surface area contributed by atoms with Crippen molar-refractivity contribution in [2.45, 2.75) is 19.0 Å². The molecule has 0 aliphatic carbocycles. The number of nitrogens with one attached hydrogen (secondary N) is 2. The van der Waals surface area contributed by atoms with E-state index in [1.807, 2.05) is 6.07 Å². The lowest BCUT2D eigenvalue weighted by Gasteiger charge is -2.22. The second-order valence-electron chi connectivity index (χ2n) is 7.72. The van der Waals surface area contributed by atoms with Crippen LogP contribution in [0.25, 0.3) is 10.8 Å². The standard InChI is InChI=1S/C24H23F3N2O2/c25-24(26,27)19-5-7-20(8-6-19)31-22-3-1-2-17-14-18(4-9-21(17)22)23(30)29-15-16-10-12-28-13-11-16/h1-9,14,16,28H,10-13,15H2,(H,29,30). The fourth-order valence-corrected chi connectivity index (χ4v) is 3.75. The van der Waals surface area contributed by atoms with E-state index in [1.54, 1.807) is 30.3 Å². The predicted octanol–water partition coefficient (Wildman–Crippen LogP) is 5.38. The van der Waals surface area contributed by atoms with Crippen molar-refractivity contribution in [2.24, 2.45) is 5.92 Å². The Morgan fingerprint density at radius 3 is 2.48 bits per heavy atom. The van der Waals surface area contributed by atoms with Gasteiger partial charge in [-0.1, -0.05) is 12.1 Å². The van der Waals surface area contributed by atoms with Gasteiger partial charge in [0.05, 0.1) is 5.56 Å². The van der Waals surface area contributed by atoms with Crippen molar-refractivity contribution in [1.82, 2.24) is 10.6 Å². The van der Waals surface area contributed by atoms with E-state index in [2.05, 4.69) is 10.6 Å². The van der Waals surface area contributed by atoms with Crippen LogP contribution in [0.2, 0.25) is 0 Å². The van der Waals surface area contributed by atoms with Crippen molar-refractivity contribution < 1.29 is 22.7 Å². The molecular weight excluding hydrogens is 405 g/mol. The third-order valence-corrected chi connectivity index (χ3v) is 5.52. The van der Waals surface area contributed by atoms with Crippen LogP contribution in [0, 0.1) is 5.92 Å². The molecule has 0 atom stereocenters. The van der Waals surface area contributed by atoms with E-state index in [-0.39, 0.29) is 5.91 Å². The van der Waals surface area contributed by atoms with Crippen molar-refractivity contribution in [3.63, 3.8) is 0 Å². The minimum absolute atomic E-state index is 0.116. The summed E-state index contributed by atoms with van der Waals surface area (Å²) in [5, 5.41) is 7.92. The smallest absolute Gasteiger partial charge is 0.416 e. The van der Waals surface area contributed by atoms with Crippen molar-refractivity contribution in [1.29, 1.82) is 0 Å². The second kappa shape index (κ2) is 8.98. The number of hydrogen-bond donors (Lipinski definition) is 2. The fraction of sp³-hybridized carbons (Fsp3) is 0.292. The molecule has 4 rings (SSSR count). The number of piperidine rings is 1. The van der Waals surface area contributed by atoms with Crippen molar-refractivity contribution in [3.05, 3.63) is 71.8 Å². The normalized spacial score (nSPS) is 15.1. The van der Waals surface area contributed by atoms with Crippen LogP contribution < -0.4 is 15.4 Å². The molecule has 162 valence electrons. The maximum Gasteiger partial charge on any atom is 0.416 e. The number of amides is 1. The summed E-state index contributed by atoms with van der Waals surface area (Å²) in [4.78, 5) is 12.6. The van der Waals surface area contributed by atoms with Crippen LogP contribution in [0.15, 0.2) is 60.7 Å². The van der Waals surface area contributed by atoms with Crippen LogP contribution in [-0.2, 0) is 6.18 Å². The Balaban J connectivity index is 1.48. The van der Waals surface area contributed by atoms with Gasteiger partial charge in [0, 0.05) is 17.5 Å². The van der Waals surface area contributed by atoms with Gasteiger partial charge in [-0.25, -0.2) is 0 Å². The Morgan fingerprint density at radius 2 is 1.77 bits per heavy atom. The summed E-state index contributed by atoms with van der Waals surface area (Å²) < 4.78 is 44.0. The molecule has 0 saturated carbocycles. The average Bonchev–Trinajstić information content (AvgIpc) is 2.78. The minimum atomic E-state index is -4.39. The molecule has 1 amide bonds. The molecule has 7 heteroatoms. The van der Waals surface area contributed by atoms with E-state index in [9.17, 15) is 18.0 Å². The van der Waals surface area contributed by atoms with Gasteiger partial charge >= 0.3 is 6.18 Å². The minimum Gasteiger partial charge on any atom is -0.457 e. The summed E-state index contributed by atoms with van der Waals surface area (Å²) in [6.45, 7) is 2.63. The zero-order valence-corrected chi connectivity index (χ0v) is 16.8. The number of benzene rings is 3. The highest BCUT2D eigenvalue weighted by Gasteiger charge is 2.30. The average molecular weight is 428 g/mol. The molecule has 4 nitrogen and oxygen atoms in total. The van der Waals surface area contributed by atoms with Crippen LogP contribution >= 0.6 is 0 Å². The number of halogens is 3.